The van der Waals surface area contributed by atoms with Crippen molar-refractivity contribution in [3.63, 3.8) is 0 Å². The molecule has 0 spiro atoms. The Kier molecular flexibility index (Phi) is 5.38. The minimum Gasteiger partial charge on any atom is -0.322 e. The van der Waals surface area contributed by atoms with Crippen LogP contribution in [0.25, 0.3) is 11.4 Å². The summed E-state index contributed by atoms with van der Waals surface area (Å²) in [4.78, 5) is 12.7. The first kappa shape index (κ1) is 21.4. The molecule has 32 heavy (non-hydrogen) atoms. The Balaban J connectivity index is 1.71. The number of alkyl halides is 3. The number of rotatable bonds is 4. The Morgan fingerprint density at radius 1 is 1.12 bits per heavy atom. The topological polar surface area (TPSA) is 90.5 Å². The molecule has 0 aliphatic carbocycles. The van der Waals surface area contributed by atoms with Crippen molar-refractivity contribution in [1.82, 2.24) is 30.0 Å². The standard InChI is InChI=1S/C19H12ClF4N7O/c1-10-27-28-29-30(10)16-8-12(5-6-15(16)21)26-18(32)14-9-25-31(17(14)19(22,23)24)13-4-2-3-11(20)7-13/h2-9H,1H3,(H,26,32). The zero-order valence-corrected chi connectivity index (χ0v) is 16.9. The van der Waals surface area contributed by atoms with E-state index in [2.05, 4.69) is 25.9 Å². The van der Waals surface area contributed by atoms with Gasteiger partial charge in [-0.1, -0.05) is 17.7 Å². The van der Waals surface area contributed by atoms with Gasteiger partial charge in [0.1, 0.15) is 11.5 Å². The third-order valence-corrected chi connectivity index (χ3v) is 4.63. The van der Waals surface area contributed by atoms with Gasteiger partial charge in [0, 0.05) is 10.7 Å². The molecule has 0 bridgehead atoms. The summed E-state index contributed by atoms with van der Waals surface area (Å²) >= 11 is 5.87. The number of aryl methyl sites for hydroxylation is 1. The molecule has 13 heteroatoms. The molecule has 0 saturated carbocycles. The number of nitrogens with one attached hydrogen (secondary N) is 1. The van der Waals surface area contributed by atoms with E-state index in [1.165, 1.54) is 43.3 Å². The number of carbonyl (C=O) groups is 1. The van der Waals surface area contributed by atoms with Crippen LogP contribution in [0, 0.1) is 12.7 Å². The van der Waals surface area contributed by atoms with Gasteiger partial charge in [0.2, 0.25) is 0 Å². The van der Waals surface area contributed by atoms with Gasteiger partial charge in [-0.25, -0.2) is 9.07 Å². The number of amides is 1. The minimum atomic E-state index is -4.90. The fourth-order valence-electron chi connectivity index (χ4n) is 3.00. The third kappa shape index (κ3) is 4.04. The van der Waals surface area contributed by atoms with Crippen molar-refractivity contribution < 1.29 is 22.4 Å². The number of aromatic nitrogens is 6. The van der Waals surface area contributed by atoms with Crippen molar-refractivity contribution in [2.75, 3.05) is 5.32 Å². The van der Waals surface area contributed by atoms with Crippen molar-refractivity contribution in [3.8, 4) is 11.4 Å². The van der Waals surface area contributed by atoms with Crippen LogP contribution in [0.1, 0.15) is 21.9 Å². The Labute approximate surface area is 182 Å². The summed E-state index contributed by atoms with van der Waals surface area (Å²) in [7, 11) is 0. The van der Waals surface area contributed by atoms with E-state index >= 15 is 0 Å². The third-order valence-electron chi connectivity index (χ3n) is 4.39. The first-order valence-electron chi connectivity index (χ1n) is 8.92. The fourth-order valence-corrected chi connectivity index (χ4v) is 3.18. The first-order chi connectivity index (χ1) is 15.1. The van der Waals surface area contributed by atoms with Crippen molar-refractivity contribution in [2.24, 2.45) is 0 Å². The highest BCUT2D eigenvalue weighted by Gasteiger charge is 2.40. The molecule has 0 fully saturated rings. The summed E-state index contributed by atoms with van der Waals surface area (Å²) in [5, 5.41) is 17.0. The molecule has 4 rings (SSSR count). The van der Waals surface area contributed by atoms with E-state index in [9.17, 15) is 22.4 Å². The number of carbonyl (C=O) groups excluding carboxylic acids is 1. The van der Waals surface area contributed by atoms with Crippen molar-refractivity contribution >= 4 is 23.2 Å². The van der Waals surface area contributed by atoms with Gasteiger partial charge in [0.15, 0.2) is 11.5 Å². The van der Waals surface area contributed by atoms with E-state index < -0.39 is 29.2 Å². The van der Waals surface area contributed by atoms with Crippen LogP contribution in [0.5, 0.6) is 0 Å². The SMILES string of the molecule is Cc1nnnn1-c1cc(NC(=O)c2cnn(-c3cccc(Cl)c3)c2C(F)(F)F)ccc1F. The maximum absolute atomic E-state index is 14.2. The van der Waals surface area contributed by atoms with Crippen molar-refractivity contribution in [1.29, 1.82) is 0 Å². The van der Waals surface area contributed by atoms with Crippen LogP contribution in [0.4, 0.5) is 23.2 Å². The number of hydrogen-bond donors (Lipinski definition) is 1. The highest BCUT2D eigenvalue weighted by molar-refractivity contribution is 6.30. The lowest BCUT2D eigenvalue weighted by atomic mass is 10.2. The molecule has 0 atom stereocenters. The normalized spacial score (nSPS) is 11.6. The number of halogens is 5. The molecule has 0 aliphatic heterocycles. The second-order valence-corrected chi connectivity index (χ2v) is 6.99. The van der Waals surface area contributed by atoms with Gasteiger partial charge in [0.05, 0.1) is 17.4 Å². The van der Waals surface area contributed by atoms with E-state index in [1.54, 1.807) is 0 Å². The summed E-state index contributed by atoms with van der Waals surface area (Å²) in [6.45, 7) is 1.53. The molecule has 0 unspecified atom stereocenters. The molecule has 0 aliphatic rings. The molecule has 164 valence electrons. The average Bonchev–Trinajstić information content (AvgIpc) is 3.36. The number of benzene rings is 2. The second-order valence-electron chi connectivity index (χ2n) is 6.55. The van der Waals surface area contributed by atoms with Crippen molar-refractivity contribution in [3.05, 3.63) is 76.6 Å². The Morgan fingerprint density at radius 3 is 2.56 bits per heavy atom. The lowest BCUT2D eigenvalue weighted by Crippen LogP contribution is -2.21. The molecule has 0 saturated heterocycles. The molecule has 8 nitrogen and oxygen atoms in total. The molecular weight excluding hydrogens is 454 g/mol. The predicted octanol–water partition coefficient (Wildman–Crippen LogP) is 4.22. The molecular formula is C19H12ClF4N7O. The van der Waals surface area contributed by atoms with Gasteiger partial charge >= 0.3 is 6.18 Å². The van der Waals surface area contributed by atoms with Crippen LogP contribution in [-0.4, -0.2) is 35.9 Å². The summed E-state index contributed by atoms with van der Waals surface area (Å²) in [5.41, 5.74) is -2.03. The van der Waals surface area contributed by atoms with Gasteiger partial charge < -0.3 is 5.32 Å². The molecule has 1 amide bonds. The number of hydrogen-bond acceptors (Lipinski definition) is 5. The smallest absolute Gasteiger partial charge is 0.322 e. The number of anilines is 1. The average molecular weight is 466 g/mol. The van der Waals surface area contributed by atoms with Crippen LogP contribution in [0.2, 0.25) is 5.02 Å². The molecule has 2 heterocycles. The molecule has 2 aromatic carbocycles. The lowest BCUT2D eigenvalue weighted by Gasteiger charge is -2.13. The van der Waals surface area contributed by atoms with Crippen LogP contribution < -0.4 is 5.32 Å². The molecule has 2 aromatic heterocycles. The van der Waals surface area contributed by atoms with E-state index in [0.717, 1.165) is 16.9 Å². The zero-order chi connectivity index (χ0) is 23.0. The zero-order valence-electron chi connectivity index (χ0n) is 16.1. The van der Waals surface area contributed by atoms with E-state index in [1.807, 2.05) is 0 Å². The Bertz CT molecular complexity index is 1320. The highest BCUT2D eigenvalue weighted by Crippen LogP contribution is 2.34. The van der Waals surface area contributed by atoms with Gasteiger partial charge in [-0.2, -0.15) is 23.0 Å². The number of nitrogens with zero attached hydrogens (tertiary/aromatic N) is 6. The monoisotopic (exact) mass is 465 g/mol. The van der Waals surface area contributed by atoms with Crippen LogP contribution >= 0.6 is 11.6 Å². The first-order valence-corrected chi connectivity index (χ1v) is 9.30. The quantitative estimate of drug-likeness (QED) is 0.456. The summed E-state index contributed by atoms with van der Waals surface area (Å²) < 4.78 is 57.4. The maximum atomic E-state index is 14.2. The molecule has 0 radical (unpaired) electrons. The summed E-state index contributed by atoms with van der Waals surface area (Å²) in [5.74, 6) is -1.51. The predicted molar refractivity (Wildman–Crippen MR) is 105 cm³/mol. The van der Waals surface area contributed by atoms with Crippen LogP contribution in [-0.2, 0) is 6.18 Å². The second kappa shape index (κ2) is 8.04. The van der Waals surface area contributed by atoms with Gasteiger partial charge in [0.25, 0.3) is 5.91 Å². The minimum absolute atomic E-state index is 0.0297. The lowest BCUT2D eigenvalue weighted by molar-refractivity contribution is -0.143. The van der Waals surface area contributed by atoms with Crippen LogP contribution in [0.3, 0.4) is 0 Å². The Hall–Kier alpha value is -3.80. The van der Waals surface area contributed by atoms with Gasteiger partial charge in [-0.05, 0) is 53.7 Å². The largest absolute Gasteiger partial charge is 0.434 e. The van der Waals surface area contributed by atoms with Crippen molar-refractivity contribution in [2.45, 2.75) is 13.1 Å². The fraction of sp³-hybridized carbons (Fsp3) is 0.105. The van der Waals surface area contributed by atoms with E-state index in [-0.39, 0.29) is 27.9 Å². The highest BCUT2D eigenvalue weighted by atomic mass is 35.5. The van der Waals surface area contributed by atoms with E-state index in [4.69, 9.17) is 11.6 Å². The van der Waals surface area contributed by atoms with Crippen LogP contribution in [0.15, 0.2) is 48.7 Å². The maximum Gasteiger partial charge on any atom is 0.434 e. The van der Waals surface area contributed by atoms with Gasteiger partial charge in [-0.15, -0.1) is 5.10 Å². The Morgan fingerprint density at radius 2 is 1.91 bits per heavy atom. The summed E-state index contributed by atoms with van der Waals surface area (Å²) in [6, 6.07) is 9.04. The number of tetrazole rings is 1. The molecule has 4 aromatic rings. The van der Waals surface area contributed by atoms with Gasteiger partial charge in [-0.3, -0.25) is 4.79 Å². The summed E-state index contributed by atoms with van der Waals surface area (Å²) in [6.07, 6.45) is -4.10. The molecule has 1 N–H and O–H groups in total. The van der Waals surface area contributed by atoms with E-state index in [0.29, 0.717) is 4.68 Å².